The molecule has 1 N–H and O–H groups in total. The van der Waals surface area contributed by atoms with Gasteiger partial charge in [-0.3, -0.25) is 9.47 Å². The van der Waals surface area contributed by atoms with E-state index in [1.54, 1.807) is 0 Å². The molecule has 0 amide bonds. The zero-order valence-electron chi connectivity index (χ0n) is 13.1. The van der Waals surface area contributed by atoms with Crippen molar-refractivity contribution >= 4 is 11.6 Å². The topological polar surface area (TPSA) is 56.9 Å². The number of β-amino-alcohol motifs (C(OH)–C–C–N with tert-alkyl or cyclic N) is 1. The first-order valence-corrected chi connectivity index (χ1v) is 8.12. The van der Waals surface area contributed by atoms with Crippen LogP contribution in [0.15, 0.2) is 41.7 Å². The van der Waals surface area contributed by atoms with Gasteiger partial charge in [0.15, 0.2) is 0 Å². The Kier molecular flexibility index (Phi) is 3.85. The monoisotopic (exact) mass is 311 g/mol. The number of para-hydroxylation sites is 1. The van der Waals surface area contributed by atoms with Crippen molar-refractivity contribution in [2.75, 3.05) is 39.3 Å². The van der Waals surface area contributed by atoms with Crippen molar-refractivity contribution in [2.24, 2.45) is 4.99 Å². The zero-order chi connectivity index (χ0) is 15.6. The Bertz CT molecular complexity index is 715. The Morgan fingerprint density at radius 1 is 1.09 bits per heavy atom. The minimum atomic E-state index is 0.222. The lowest BCUT2D eigenvalue weighted by Crippen LogP contribution is -2.51. The van der Waals surface area contributed by atoms with Crippen LogP contribution in [0, 0.1) is 0 Å². The van der Waals surface area contributed by atoms with Crippen molar-refractivity contribution < 1.29 is 5.11 Å². The van der Waals surface area contributed by atoms with Gasteiger partial charge in [-0.2, -0.15) is 0 Å². The Hall–Kier alpha value is -2.18. The highest BCUT2D eigenvalue weighted by atomic mass is 16.3. The van der Waals surface area contributed by atoms with E-state index in [9.17, 15) is 0 Å². The maximum atomic E-state index is 9.09. The van der Waals surface area contributed by atoms with Crippen molar-refractivity contribution in [3.05, 3.63) is 48.0 Å². The molecule has 1 aromatic carbocycles. The lowest BCUT2D eigenvalue weighted by Gasteiger charge is -2.36. The number of aromatic nitrogens is 2. The molecular weight excluding hydrogens is 290 g/mol. The van der Waals surface area contributed by atoms with Gasteiger partial charge in [-0.25, -0.2) is 9.98 Å². The van der Waals surface area contributed by atoms with Gasteiger partial charge in [0.1, 0.15) is 5.82 Å². The number of aliphatic imine (C=N–C) groups is 1. The van der Waals surface area contributed by atoms with E-state index in [-0.39, 0.29) is 6.61 Å². The summed E-state index contributed by atoms with van der Waals surface area (Å²) in [7, 11) is 0. The highest BCUT2D eigenvalue weighted by Crippen LogP contribution is 2.26. The standard InChI is InChI=1S/C17H21N5O/c23-12-11-20-7-9-21(10-8-20)17-19-15-4-2-1-3-14(15)13-16-18-5-6-22(16)17/h1-6,23H,7-13H2. The number of imidazole rings is 1. The van der Waals surface area contributed by atoms with Gasteiger partial charge < -0.3 is 10.0 Å². The third kappa shape index (κ3) is 2.75. The van der Waals surface area contributed by atoms with Crippen LogP contribution < -0.4 is 0 Å². The Morgan fingerprint density at radius 2 is 1.91 bits per heavy atom. The first-order chi connectivity index (χ1) is 11.3. The molecule has 120 valence electrons. The van der Waals surface area contributed by atoms with Gasteiger partial charge in [0.25, 0.3) is 0 Å². The van der Waals surface area contributed by atoms with E-state index in [1.165, 1.54) is 5.56 Å². The van der Waals surface area contributed by atoms with Crippen molar-refractivity contribution in [3.8, 4) is 0 Å². The van der Waals surface area contributed by atoms with E-state index in [0.29, 0.717) is 0 Å². The number of hydrogen-bond donors (Lipinski definition) is 1. The SMILES string of the molecule is OCCN1CCN(C2=Nc3ccccc3Cc3nccn32)CC1. The smallest absolute Gasteiger partial charge is 0.211 e. The van der Waals surface area contributed by atoms with E-state index < -0.39 is 0 Å². The molecule has 0 atom stereocenters. The molecule has 3 heterocycles. The largest absolute Gasteiger partial charge is 0.395 e. The number of benzene rings is 1. The van der Waals surface area contributed by atoms with E-state index in [2.05, 4.69) is 37.5 Å². The number of aliphatic hydroxyl groups excluding tert-OH is 1. The number of aliphatic hydroxyl groups is 1. The van der Waals surface area contributed by atoms with Crippen molar-refractivity contribution in [1.82, 2.24) is 19.4 Å². The molecule has 0 spiro atoms. The normalized spacial score (nSPS) is 18.1. The van der Waals surface area contributed by atoms with Crippen LogP contribution in [0.3, 0.4) is 0 Å². The molecule has 23 heavy (non-hydrogen) atoms. The third-order valence-electron chi connectivity index (χ3n) is 4.56. The Balaban J connectivity index is 1.66. The second kappa shape index (κ2) is 6.14. The second-order valence-corrected chi connectivity index (χ2v) is 5.98. The van der Waals surface area contributed by atoms with Crippen molar-refractivity contribution in [3.63, 3.8) is 0 Å². The average Bonchev–Trinajstić information content (AvgIpc) is 2.97. The molecule has 2 aliphatic rings. The van der Waals surface area contributed by atoms with Gasteiger partial charge in [0, 0.05) is 51.5 Å². The Morgan fingerprint density at radius 3 is 2.74 bits per heavy atom. The zero-order valence-corrected chi connectivity index (χ0v) is 13.1. The molecule has 2 aromatic rings. The molecule has 0 unspecified atom stereocenters. The average molecular weight is 311 g/mol. The highest BCUT2D eigenvalue weighted by molar-refractivity contribution is 5.87. The maximum Gasteiger partial charge on any atom is 0.211 e. The highest BCUT2D eigenvalue weighted by Gasteiger charge is 2.24. The molecule has 6 heteroatoms. The van der Waals surface area contributed by atoms with E-state index >= 15 is 0 Å². The summed E-state index contributed by atoms with van der Waals surface area (Å²) < 4.78 is 2.11. The van der Waals surface area contributed by atoms with E-state index in [1.807, 2.05) is 18.5 Å². The van der Waals surface area contributed by atoms with Crippen LogP contribution in [-0.4, -0.2) is 69.7 Å². The van der Waals surface area contributed by atoms with Crippen LogP contribution in [0.5, 0.6) is 0 Å². The molecule has 0 saturated carbocycles. The molecule has 6 nitrogen and oxygen atoms in total. The fourth-order valence-electron chi connectivity index (χ4n) is 3.28. The molecular formula is C17H21N5O. The minimum absolute atomic E-state index is 0.222. The predicted octanol–water partition coefficient (Wildman–Crippen LogP) is 0.933. The molecule has 0 bridgehead atoms. The number of fused-ring (bicyclic) bond motifs is 2. The van der Waals surface area contributed by atoms with Crippen LogP contribution >= 0.6 is 0 Å². The van der Waals surface area contributed by atoms with Crippen LogP contribution in [0.2, 0.25) is 0 Å². The summed E-state index contributed by atoms with van der Waals surface area (Å²) in [5.41, 5.74) is 2.25. The van der Waals surface area contributed by atoms with E-state index in [4.69, 9.17) is 10.1 Å². The van der Waals surface area contributed by atoms with Crippen molar-refractivity contribution in [2.45, 2.75) is 6.42 Å². The summed E-state index contributed by atoms with van der Waals surface area (Å²) in [4.78, 5) is 14.1. The van der Waals surface area contributed by atoms with Crippen LogP contribution in [0.1, 0.15) is 11.4 Å². The summed E-state index contributed by atoms with van der Waals surface area (Å²) in [6, 6.07) is 8.29. The second-order valence-electron chi connectivity index (χ2n) is 5.98. The van der Waals surface area contributed by atoms with Gasteiger partial charge in [-0.05, 0) is 11.6 Å². The number of rotatable bonds is 2. The third-order valence-corrected chi connectivity index (χ3v) is 4.56. The molecule has 1 aromatic heterocycles. The summed E-state index contributed by atoms with van der Waals surface area (Å²) in [6.45, 7) is 4.70. The molecule has 4 rings (SSSR count). The van der Waals surface area contributed by atoms with Gasteiger partial charge in [-0.15, -0.1) is 0 Å². The summed E-state index contributed by atoms with van der Waals surface area (Å²) in [6.07, 6.45) is 4.65. The first kappa shape index (κ1) is 14.4. The van der Waals surface area contributed by atoms with Crippen LogP contribution in [0.25, 0.3) is 0 Å². The molecule has 1 fully saturated rings. The van der Waals surface area contributed by atoms with Crippen LogP contribution in [0.4, 0.5) is 5.69 Å². The number of hydrogen-bond acceptors (Lipinski definition) is 5. The van der Waals surface area contributed by atoms with Gasteiger partial charge in [-0.1, -0.05) is 18.2 Å². The predicted molar refractivity (Wildman–Crippen MR) is 89.1 cm³/mol. The summed E-state index contributed by atoms with van der Waals surface area (Å²) in [5.74, 6) is 2.00. The quantitative estimate of drug-likeness (QED) is 0.896. The first-order valence-electron chi connectivity index (χ1n) is 8.12. The molecule has 2 aliphatic heterocycles. The Labute approximate surface area is 135 Å². The van der Waals surface area contributed by atoms with Gasteiger partial charge in [0.05, 0.1) is 12.3 Å². The summed E-state index contributed by atoms with van der Waals surface area (Å²) >= 11 is 0. The summed E-state index contributed by atoms with van der Waals surface area (Å²) in [5, 5.41) is 9.09. The molecule has 0 aliphatic carbocycles. The molecule has 1 saturated heterocycles. The lowest BCUT2D eigenvalue weighted by molar-refractivity contribution is 0.145. The fourth-order valence-corrected chi connectivity index (χ4v) is 3.28. The van der Waals surface area contributed by atoms with Gasteiger partial charge >= 0.3 is 0 Å². The number of nitrogens with zero attached hydrogens (tertiary/aromatic N) is 5. The molecule has 0 radical (unpaired) electrons. The maximum absolute atomic E-state index is 9.09. The van der Waals surface area contributed by atoms with E-state index in [0.717, 1.165) is 56.6 Å². The van der Waals surface area contributed by atoms with Crippen LogP contribution in [-0.2, 0) is 6.42 Å². The fraction of sp³-hybridized carbons (Fsp3) is 0.412. The lowest BCUT2D eigenvalue weighted by atomic mass is 10.1. The van der Waals surface area contributed by atoms with Crippen molar-refractivity contribution in [1.29, 1.82) is 0 Å². The van der Waals surface area contributed by atoms with Gasteiger partial charge in [0.2, 0.25) is 5.96 Å². The minimum Gasteiger partial charge on any atom is -0.395 e. The number of piperazine rings is 1.